The number of hydrogen-bond donors (Lipinski definition) is 1. The molecule has 0 saturated carbocycles. The number of halogens is 1. The Balaban J connectivity index is 2.31. The Hall–Kier alpha value is -0.590. The van der Waals surface area contributed by atoms with E-state index in [2.05, 4.69) is 22.9 Å². The average molecular weight is 333 g/mol. The maximum absolute atomic E-state index is 12.5. The smallest absolute Gasteiger partial charge is 0.244 e. The summed E-state index contributed by atoms with van der Waals surface area (Å²) in [6.45, 7) is 3.33. The Morgan fingerprint density at radius 3 is 2.78 bits per heavy atom. The van der Waals surface area contributed by atoms with Gasteiger partial charge in [-0.3, -0.25) is 0 Å². The lowest BCUT2D eigenvalue weighted by atomic mass is 10.1. The molecule has 1 heterocycles. The van der Waals surface area contributed by atoms with Crippen LogP contribution in [0.2, 0.25) is 0 Å². The van der Waals surface area contributed by atoms with Crippen LogP contribution in [0.5, 0.6) is 0 Å². The molecule has 1 saturated heterocycles. The van der Waals surface area contributed by atoms with E-state index in [0.717, 1.165) is 12.8 Å². The molecule has 0 aliphatic carbocycles. The van der Waals surface area contributed by atoms with Crippen LogP contribution >= 0.6 is 15.9 Å². The molecule has 1 unspecified atom stereocenters. The van der Waals surface area contributed by atoms with Crippen molar-refractivity contribution in [3.63, 3.8) is 0 Å². The number of nitrogens with zero attached hydrogens (tertiary/aromatic N) is 1. The van der Waals surface area contributed by atoms with Gasteiger partial charge in [0, 0.05) is 23.2 Å². The van der Waals surface area contributed by atoms with Gasteiger partial charge >= 0.3 is 0 Å². The van der Waals surface area contributed by atoms with Gasteiger partial charge in [-0.2, -0.15) is 4.31 Å². The Morgan fingerprint density at radius 2 is 2.22 bits per heavy atom. The van der Waals surface area contributed by atoms with E-state index in [1.54, 1.807) is 22.5 Å². The second kappa shape index (κ2) is 5.19. The number of hydrogen-bond acceptors (Lipinski definition) is 3. The molecule has 1 aliphatic heterocycles. The van der Waals surface area contributed by atoms with E-state index in [4.69, 9.17) is 5.73 Å². The summed E-state index contributed by atoms with van der Waals surface area (Å²) in [5, 5.41) is 0. The van der Waals surface area contributed by atoms with Crippen molar-refractivity contribution in [1.29, 1.82) is 0 Å². The molecule has 0 aromatic heterocycles. The van der Waals surface area contributed by atoms with Gasteiger partial charge in [-0.1, -0.05) is 13.3 Å². The van der Waals surface area contributed by atoms with Gasteiger partial charge in [-0.05, 0) is 46.5 Å². The monoisotopic (exact) mass is 332 g/mol. The van der Waals surface area contributed by atoms with Crippen molar-refractivity contribution < 1.29 is 8.42 Å². The van der Waals surface area contributed by atoms with E-state index in [1.807, 2.05) is 0 Å². The van der Waals surface area contributed by atoms with Crippen LogP contribution in [0.4, 0.5) is 5.69 Å². The van der Waals surface area contributed by atoms with E-state index >= 15 is 0 Å². The van der Waals surface area contributed by atoms with Crippen molar-refractivity contribution in [2.45, 2.75) is 24.7 Å². The van der Waals surface area contributed by atoms with Gasteiger partial charge in [0.1, 0.15) is 0 Å². The lowest BCUT2D eigenvalue weighted by molar-refractivity contribution is 0.452. The molecule has 1 aromatic rings. The molecule has 1 atom stereocenters. The second-order valence-electron chi connectivity index (χ2n) is 4.62. The zero-order valence-electron chi connectivity index (χ0n) is 10.3. The van der Waals surface area contributed by atoms with Crippen molar-refractivity contribution in [1.82, 2.24) is 4.31 Å². The maximum atomic E-state index is 12.5. The number of sulfonamides is 1. The fourth-order valence-corrected chi connectivity index (χ4v) is 4.80. The van der Waals surface area contributed by atoms with Gasteiger partial charge in [0.25, 0.3) is 0 Å². The molecule has 6 heteroatoms. The molecule has 1 fully saturated rings. The van der Waals surface area contributed by atoms with Crippen LogP contribution in [0.15, 0.2) is 27.6 Å². The van der Waals surface area contributed by atoms with E-state index < -0.39 is 10.0 Å². The third-order valence-electron chi connectivity index (χ3n) is 3.40. The summed E-state index contributed by atoms with van der Waals surface area (Å²) in [4.78, 5) is 0.299. The first-order valence-electron chi connectivity index (χ1n) is 6.00. The summed E-state index contributed by atoms with van der Waals surface area (Å²) in [7, 11) is -3.40. The first-order valence-corrected chi connectivity index (χ1v) is 8.23. The molecular formula is C12H17BrN2O2S. The number of nitrogens with two attached hydrogens (primary N) is 1. The minimum atomic E-state index is -3.40. The number of rotatable bonds is 3. The van der Waals surface area contributed by atoms with E-state index in [1.165, 1.54) is 0 Å². The predicted molar refractivity (Wildman–Crippen MR) is 75.7 cm³/mol. The summed E-state index contributed by atoms with van der Waals surface area (Å²) in [5.41, 5.74) is 6.18. The highest BCUT2D eigenvalue weighted by atomic mass is 79.9. The number of anilines is 1. The van der Waals surface area contributed by atoms with Crippen LogP contribution in [0.25, 0.3) is 0 Å². The maximum Gasteiger partial charge on any atom is 0.244 e. The molecule has 18 heavy (non-hydrogen) atoms. The average Bonchev–Trinajstić information content (AvgIpc) is 2.77. The van der Waals surface area contributed by atoms with Gasteiger partial charge in [-0.15, -0.1) is 0 Å². The fraction of sp³-hybridized carbons (Fsp3) is 0.500. The number of nitrogen functional groups attached to an aromatic ring is 1. The highest BCUT2D eigenvalue weighted by Crippen LogP contribution is 2.30. The molecule has 2 rings (SSSR count). The number of benzene rings is 1. The molecule has 1 aliphatic rings. The summed E-state index contributed by atoms with van der Waals surface area (Å²) in [5.74, 6) is 0.479. The Morgan fingerprint density at radius 1 is 1.50 bits per heavy atom. The summed E-state index contributed by atoms with van der Waals surface area (Å²) in [6, 6.07) is 4.80. The van der Waals surface area contributed by atoms with Crippen LogP contribution in [-0.2, 0) is 10.0 Å². The molecule has 0 amide bonds. The Labute approximate surface area is 116 Å². The van der Waals surface area contributed by atoms with Gasteiger partial charge in [0.05, 0.1) is 4.90 Å². The molecule has 0 radical (unpaired) electrons. The SMILES string of the molecule is CCC1CCN(S(=O)(=O)c2ccc(N)cc2Br)C1. The van der Waals surface area contributed by atoms with Gasteiger partial charge in [0.2, 0.25) is 10.0 Å². The highest BCUT2D eigenvalue weighted by Gasteiger charge is 2.32. The standard InChI is InChI=1S/C12H17BrN2O2S/c1-2-9-5-6-15(8-9)18(16,17)12-4-3-10(14)7-11(12)13/h3-4,7,9H,2,5-6,8,14H2,1H3. The Bertz CT molecular complexity index is 545. The summed E-state index contributed by atoms with van der Waals surface area (Å²) >= 11 is 3.28. The van der Waals surface area contributed by atoms with Crippen LogP contribution in [-0.4, -0.2) is 25.8 Å². The Kier molecular flexibility index (Phi) is 3.99. The molecule has 4 nitrogen and oxygen atoms in total. The molecule has 0 spiro atoms. The van der Waals surface area contributed by atoms with Crippen LogP contribution in [0, 0.1) is 5.92 Å². The minimum Gasteiger partial charge on any atom is -0.399 e. The third-order valence-corrected chi connectivity index (χ3v) is 6.24. The third kappa shape index (κ3) is 2.55. The fourth-order valence-electron chi connectivity index (χ4n) is 2.21. The summed E-state index contributed by atoms with van der Waals surface area (Å²) in [6.07, 6.45) is 1.97. The quantitative estimate of drug-likeness (QED) is 0.864. The van der Waals surface area contributed by atoms with Crippen LogP contribution < -0.4 is 5.73 Å². The largest absolute Gasteiger partial charge is 0.399 e. The normalized spacial score (nSPS) is 21.3. The molecule has 1 aromatic carbocycles. The lowest BCUT2D eigenvalue weighted by Gasteiger charge is -2.17. The summed E-state index contributed by atoms with van der Waals surface area (Å²) < 4.78 is 27.1. The van der Waals surface area contributed by atoms with Crippen molar-refractivity contribution in [2.75, 3.05) is 18.8 Å². The zero-order valence-corrected chi connectivity index (χ0v) is 12.7. The second-order valence-corrected chi connectivity index (χ2v) is 7.38. The molecule has 0 bridgehead atoms. The van der Waals surface area contributed by atoms with Crippen LogP contribution in [0.1, 0.15) is 19.8 Å². The van der Waals surface area contributed by atoms with Crippen molar-refractivity contribution >= 4 is 31.6 Å². The van der Waals surface area contributed by atoms with E-state index in [9.17, 15) is 8.42 Å². The van der Waals surface area contributed by atoms with Crippen molar-refractivity contribution in [3.8, 4) is 0 Å². The predicted octanol–water partition coefficient (Wildman–Crippen LogP) is 2.45. The van der Waals surface area contributed by atoms with E-state index in [0.29, 0.717) is 34.1 Å². The van der Waals surface area contributed by atoms with E-state index in [-0.39, 0.29) is 0 Å². The zero-order chi connectivity index (χ0) is 13.3. The first kappa shape index (κ1) is 13.8. The first-order chi connectivity index (χ1) is 8.45. The van der Waals surface area contributed by atoms with Crippen LogP contribution in [0.3, 0.4) is 0 Å². The minimum absolute atomic E-state index is 0.299. The van der Waals surface area contributed by atoms with Gasteiger partial charge in [-0.25, -0.2) is 8.42 Å². The van der Waals surface area contributed by atoms with Gasteiger partial charge < -0.3 is 5.73 Å². The van der Waals surface area contributed by atoms with Gasteiger partial charge in [0.15, 0.2) is 0 Å². The highest BCUT2D eigenvalue weighted by molar-refractivity contribution is 9.10. The lowest BCUT2D eigenvalue weighted by Crippen LogP contribution is -2.29. The topological polar surface area (TPSA) is 63.4 Å². The molecule has 2 N–H and O–H groups in total. The van der Waals surface area contributed by atoms with Crippen molar-refractivity contribution in [3.05, 3.63) is 22.7 Å². The molecular weight excluding hydrogens is 316 g/mol. The van der Waals surface area contributed by atoms with Crippen molar-refractivity contribution in [2.24, 2.45) is 5.92 Å². The molecule has 100 valence electrons.